The van der Waals surface area contributed by atoms with Gasteiger partial charge in [0.05, 0.1) is 26.6 Å². The summed E-state index contributed by atoms with van der Waals surface area (Å²) in [6.45, 7) is 2.82. The highest BCUT2D eigenvalue weighted by Crippen LogP contribution is 2.52. The highest BCUT2D eigenvalue weighted by molar-refractivity contribution is 5.79. The zero-order valence-corrected chi connectivity index (χ0v) is 19.9. The van der Waals surface area contributed by atoms with E-state index in [1.165, 1.54) is 14.2 Å². The summed E-state index contributed by atoms with van der Waals surface area (Å²) in [6.07, 6.45) is 0.128. The molecule has 3 aromatic carbocycles. The molecule has 0 saturated heterocycles. The molecule has 0 radical (unpaired) electrons. The number of ether oxygens (including phenoxy) is 2. The summed E-state index contributed by atoms with van der Waals surface area (Å²) in [5.74, 6) is -1.49. The molecule has 0 aromatic heterocycles. The van der Waals surface area contributed by atoms with Gasteiger partial charge in [0.2, 0.25) is 0 Å². The van der Waals surface area contributed by atoms with E-state index in [0.717, 1.165) is 22.3 Å². The van der Waals surface area contributed by atoms with Crippen molar-refractivity contribution in [2.75, 3.05) is 14.2 Å². The Balaban J connectivity index is 1.84. The number of benzene rings is 3. The highest BCUT2D eigenvalue weighted by atomic mass is 16.5. The number of methoxy groups -OCH3 is 2. The van der Waals surface area contributed by atoms with Crippen LogP contribution in [0.5, 0.6) is 0 Å². The predicted molar refractivity (Wildman–Crippen MR) is 131 cm³/mol. The van der Waals surface area contributed by atoms with Crippen LogP contribution >= 0.6 is 0 Å². The van der Waals surface area contributed by atoms with Gasteiger partial charge in [0.15, 0.2) is 0 Å². The van der Waals surface area contributed by atoms with Crippen LogP contribution in [-0.4, -0.2) is 31.1 Å². The number of hydrogen-bond donors (Lipinski definition) is 0. The molecule has 4 rings (SSSR count). The first-order valence-electron chi connectivity index (χ1n) is 11.6. The number of nitrogens with zero attached hydrogens (tertiary/aromatic N) is 1. The lowest BCUT2D eigenvalue weighted by molar-refractivity contribution is -0.150. The smallest absolute Gasteiger partial charge is 0.311 e. The van der Waals surface area contributed by atoms with E-state index < -0.39 is 5.92 Å². The Morgan fingerprint density at radius 3 is 2.03 bits per heavy atom. The molecule has 4 atom stereocenters. The summed E-state index contributed by atoms with van der Waals surface area (Å²) in [7, 11) is 2.80. The van der Waals surface area contributed by atoms with Gasteiger partial charge < -0.3 is 9.47 Å². The molecular formula is C29H31NO4. The maximum absolute atomic E-state index is 13.3. The molecule has 5 heteroatoms. The maximum atomic E-state index is 13.3. The first-order chi connectivity index (χ1) is 16.5. The van der Waals surface area contributed by atoms with Crippen LogP contribution in [0.4, 0.5) is 0 Å². The van der Waals surface area contributed by atoms with Crippen LogP contribution in [0.1, 0.15) is 53.6 Å². The molecule has 1 aliphatic carbocycles. The Hall–Kier alpha value is -3.44. The molecule has 0 bridgehead atoms. The minimum atomic E-state index is -0.531. The van der Waals surface area contributed by atoms with Gasteiger partial charge in [-0.05, 0) is 29.2 Å². The molecule has 1 aliphatic rings. The standard InChI is InChI=1S/C29H31NO4/c1-20(22-14-8-5-9-15-22)30(19-21-12-6-4-7-13-21)28-24-17-11-10-16-23(24)25(18-26(31)33-2)27(28)29(32)34-3/h4-17,20,25,27-28H,18-19H2,1-3H3/t20-,25+,27-,28-/m0/s1. The summed E-state index contributed by atoms with van der Waals surface area (Å²) < 4.78 is 10.3. The first kappa shape index (κ1) is 23.7. The summed E-state index contributed by atoms with van der Waals surface area (Å²) in [5.41, 5.74) is 4.39. The minimum absolute atomic E-state index is 0.0171. The normalized spacial score (nSPS) is 19.9. The third-order valence-electron chi connectivity index (χ3n) is 6.92. The van der Waals surface area contributed by atoms with Crippen molar-refractivity contribution in [1.82, 2.24) is 4.90 Å². The predicted octanol–water partition coefficient (Wildman–Crippen LogP) is 5.44. The fraction of sp³-hybridized carbons (Fsp3) is 0.310. The summed E-state index contributed by atoms with van der Waals surface area (Å²) in [5, 5.41) is 0. The van der Waals surface area contributed by atoms with Gasteiger partial charge in [-0.15, -0.1) is 0 Å². The van der Waals surface area contributed by atoms with Crippen LogP contribution in [0.2, 0.25) is 0 Å². The van der Waals surface area contributed by atoms with Crippen molar-refractivity contribution >= 4 is 11.9 Å². The SMILES string of the molecule is COC(=O)C[C@@H]1c2ccccc2[C@H](N(Cc2ccccc2)[C@@H](C)c2ccccc2)[C@H]1C(=O)OC. The molecule has 0 unspecified atom stereocenters. The van der Waals surface area contributed by atoms with E-state index >= 15 is 0 Å². The number of carbonyl (C=O) groups is 2. The van der Waals surface area contributed by atoms with Gasteiger partial charge in [-0.2, -0.15) is 0 Å². The number of hydrogen-bond acceptors (Lipinski definition) is 5. The van der Waals surface area contributed by atoms with Crippen LogP contribution in [0, 0.1) is 5.92 Å². The fourth-order valence-corrected chi connectivity index (χ4v) is 5.23. The number of carbonyl (C=O) groups excluding carboxylic acids is 2. The average molecular weight is 458 g/mol. The van der Waals surface area contributed by atoms with Crippen LogP contribution in [0.3, 0.4) is 0 Å². The van der Waals surface area contributed by atoms with Crippen LogP contribution in [0.25, 0.3) is 0 Å². The molecule has 0 fully saturated rings. The molecule has 0 spiro atoms. The van der Waals surface area contributed by atoms with E-state index in [2.05, 4.69) is 42.2 Å². The Bertz CT molecular complexity index is 1120. The lowest BCUT2D eigenvalue weighted by Crippen LogP contribution is -2.38. The molecule has 0 N–H and O–H groups in total. The van der Waals surface area contributed by atoms with Gasteiger partial charge >= 0.3 is 11.9 Å². The zero-order valence-electron chi connectivity index (χ0n) is 19.9. The average Bonchev–Trinajstić information content (AvgIpc) is 3.21. The van der Waals surface area contributed by atoms with Crippen molar-refractivity contribution in [3.8, 4) is 0 Å². The third-order valence-corrected chi connectivity index (χ3v) is 6.92. The van der Waals surface area contributed by atoms with Crippen molar-refractivity contribution in [2.45, 2.75) is 37.9 Å². The van der Waals surface area contributed by atoms with Crippen molar-refractivity contribution < 1.29 is 19.1 Å². The van der Waals surface area contributed by atoms with E-state index in [1.54, 1.807) is 0 Å². The Labute approximate surface area is 201 Å². The minimum Gasteiger partial charge on any atom is -0.469 e. The van der Waals surface area contributed by atoms with Gasteiger partial charge in [-0.3, -0.25) is 14.5 Å². The quantitative estimate of drug-likeness (QED) is 0.422. The van der Waals surface area contributed by atoms with Gasteiger partial charge in [-0.1, -0.05) is 84.9 Å². The fourth-order valence-electron chi connectivity index (χ4n) is 5.23. The van der Waals surface area contributed by atoms with Crippen LogP contribution in [0.15, 0.2) is 84.9 Å². The van der Waals surface area contributed by atoms with Crippen molar-refractivity contribution in [1.29, 1.82) is 0 Å². The van der Waals surface area contributed by atoms with E-state index in [0.29, 0.717) is 6.54 Å². The molecule has 0 aliphatic heterocycles. The Kier molecular flexibility index (Phi) is 7.43. The summed E-state index contributed by atoms with van der Waals surface area (Å²) in [4.78, 5) is 28.0. The van der Waals surface area contributed by atoms with Crippen molar-refractivity contribution in [3.05, 3.63) is 107 Å². The number of rotatable bonds is 8. The second-order valence-corrected chi connectivity index (χ2v) is 8.75. The second-order valence-electron chi connectivity index (χ2n) is 8.75. The lowest BCUT2D eigenvalue weighted by Gasteiger charge is -2.38. The molecule has 0 amide bonds. The van der Waals surface area contributed by atoms with E-state index in [4.69, 9.17) is 9.47 Å². The van der Waals surface area contributed by atoms with E-state index in [-0.39, 0.29) is 36.4 Å². The topological polar surface area (TPSA) is 55.8 Å². The Morgan fingerprint density at radius 2 is 1.41 bits per heavy atom. The molecule has 34 heavy (non-hydrogen) atoms. The van der Waals surface area contributed by atoms with E-state index in [9.17, 15) is 9.59 Å². The molecule has 176 valence electrons. The van der Waals surface area contributed by atoms with E-state index in [1.807, 2.05) is 54.6 Å². The van der Waals surface area contributed by atoms with Gasteiger partial charge in [0.25, 0.3) is 0 Å². The van der Waals surface area contributed by atoms with Crippen LogP contribution in [-0.2, 0) is 25.6 Å². The molecule has 0 heterocycles. The van der Waals surface area contributed by atoms with Crippen LogP contribution < -0.4 is 0 Å². The lowest BCUT2D eigenvalue weighted by atomic mass is 9.86. The number of fused-ring (bicyclic) bond motifs is 1. The van der Waals surface area contributed by atoms with Gasteiger partial charge in [-0.25, -0.2) is 0 Å². The molecule has 0 saturated carbocycles. The highest BCUT2D eigenvalue weighted by Gasteiger charge is 2.49. The first-order valence-corrected chi connectivity index (χ1v) is 11.6. The van der Waals surface area contributed by atoms with Crippen molar-refractivity contribution in [2.24, 2.45) is 5.92 Å². The molecular weight excluding hydrogens is 426 g/mol. The second kappa shape index (κ2) is 10.7. The Morgan fingerprint density at radius 1 is 0.824 bits per heavy atom. The monoisotopic (exact) mass is 457 g/mol. The molecule has 5 nitrogen and oxygen atoms in total. The zero-order chi connectivity index (χ0) is 24.1. The number of esters is 2. The summed E-state index contributed by atoms with van der Waals surface area (Å²) in [6, 6.07) is 28.4. The molecule has 3 aromatic rings. The third kappa shape index (κ3) is 4.75. The van der Waals surface area contributed by atoms with Crippen molar-refractivity contribution in [3.63, 3.8) is 0 Å². The largest absolute Gasteiger partial charge is 0.469 e. The summed E-state index contributed by atoms with van der Waals surface area (Å²) >= 11 is 0. The van der Waals surface area contributed by atoms with Gasteiger partial charge in [0.1, 0.15) is 0 Å². The van der Waals surface area contributed by atoms with Gasteiger partial charge in [0, 0.05) is 24.5 Å². The maximum Gasteiger partial charge on any atom is 0.311 e.